The van der Waals surface area contributed by atoms with Crippen LogP contribution in [-0.4, -0.2) is 39.0 Å². The van der Waals surface area contributed by atoms with Crippen LogP contribution >= 0.6 is 0 Å². The van der Waals surface area contributed by atoms with Crippen LogP contribution in [0.15, 0.2) is 4.99 Å². The number of nitrogens with one attached hydrogen (secondary N) is 1. The zero-order valence-electron chi connectivity index (χ0n) is 6.24. The van der Waals surface area contributed by atoms with E-state index in [1.165, 1.54) is 0 Å². The van der Waals surface area contributed by atoms with Crippen molar-refractivity contribution >= 4 is 15.7 Å². The molecule has 0 aromatic heterocycles. The summed E-state index contributed by atoms with van der Waals surface area (Å²) in [5.41, 5.74) is 5.37. The van der Waals surface area contributed by atoms with Gasteiger partial charge in [0.1, 0.15) is 5.84 Å². The van der Waals surface area contributed by atoms with E-state index in [0.717, 1.165) is 6.26 Å². The lowest BCUT2D eigenvalue weighted by molar-refractivity contribution is 0.597. The zero-order valence-corrected chi connectivity index (χ0v) is 7.06. The predicted octanol–water partition coefficient (Wildman–Crippen LogP) is -1.68. The van der Waals surface area contributed by atoms with Crippen LogP contribution in [-0.2, 0) is 9.84 Å². The molecule has 0 aliphatic carbocycles. The standard InChI is InChI=1S/C5H11N3O2S/c1-11(9,10)4(6)5-7-2-3-8-5/h4H,2-3,6H2,1H3,(H,7,8). The van der Waals surface area contributed by atoms with Crippen molar-refractivity contribution < 1.29 is 8.42 Å². The van der Waals surface area contributed by atoms with E-state index in [1.54, 1.807) is 0 Å². The first-order valence-corrected chi connectivity index (χ1v) is 5.20. The first-order valence-electron chi connectivity index (χ1n) is 3.24. The summed E-state index contributed by atoms with van der Waals surface area (Å²) in [6.45, 7) is 1.29. The average molecular weight is 177 g/mol. The maximum Gasteiger partial charge on any atom is 0.170 e. The number of hydrogen-bond donors (Lipinski definition) is 2. The molecule has 1 aliphatic rings. The van der Waals surface area contributed by atoms with Gasteiger partial charge in [0.2, 0.25) is 0 Å². The van der Waals surface area contributed by atoms with E-state index in [4.69, 9.17) is 5.73 Å². The monoisotopic (exact) mass is 177 g/mol. The summed E-state index contributed by atoms with van der Waals surface area (Å²) < 4.78 is 21.7. The molecule has 0 amide bonds. The van der Waals surface area contributed by atoms with Crippen LogP contribution in [0.1, 0.15) is 0 Å². The number of nitrogens with zero attached hydrogens (tertiary/aromatic N) is 1. The highest BCUT2D eigenvalue weighted by Gasteiger charge is 2.23. The molecule has 1 heterocycles. The summed E-state index contributed by atoms with van der Waals surface area (Å²) in [6, 6.07) is 0. The Kier molecular flexibility index (Phi) is 2.15. The Balaban J connectivity index is 2.76. The third kappa shape index (κ3) is 1.90. The number of hydrogen-bond acceptors (Lipinski definition) is 5. The molecule has 3 N–H and O–H groups in total. The fourth-order valence-corrected chi connectivity index (χ4v) is 1.37. The Bertz CT molecular complexity index is 269. The summed E-state index contributed by atoms with van der Waals surface area (Å²) in [5.74, 6) is 0.382. The van der Waals surface area contributed by atoms with E-state index in [-0.39, 0.29) is 0 Å². The first-order chi connectivity index (χ1) is 5.02. The molecule has 11 heavy (non-hydrogen) atoms. The van der Waals surface area contributed by atoms with Crippen molar-refractivity contribution in [1.29, 1.82) is 0 Å². The second-order valence-electron chi connectivity index (χ2n) is 2.44. The second-order valence-corrected chi connectivity index (χ2v) is 4.61. The molecular weight excluding hydrogens is 166 g/mol. The highest BCUT2D eigenvalue weighted by atomic mass is 32.2. The number of rotatable bonds is 2. The maximum atomic E-state index is 10.9. The molecule has 0 saturated carbocycles. The summed E-state index contributed by atoms with van der Waals surface area (Å²) >= 11 is 0. The maximum absolute atomic E-state index is 10.9. The van der Waals surface area contributed by atoms with Gasteiger partial charge in [-0.15, -0.1) is 0 Å². The van der Waals surface area contributed by atoms with Crippen molar-refractivity contribution in [3.8, 4) is 0 Å². The van der Waals surface area contributed by atoms with Gasteiger partial charge in [-0.1, -0.05) is 0 Å². The molecule has 6 heteroatoms. The van der Waals surface area contributed by atoms with E-state index in [1.807, 2.05) is 0 Å². The largest absolute Gasteiger partial charge is 0.370 e. The van der Waals surface area contributed by atoms with Crippen molar-refractivity contribution in [3.05, 3.63) is 0 Å². The van der Waals surface area contributed by atoms with Gasteiger partial charge in [0.05, 0.1) is 6.54 Å². The molecule has 0 radical (unpaired) electrons. The zero-order chi connectivity index (χ0) is 8.48. The van der Waals surface area contributed by atoms with Crippen LogP contribution in [0, 0.1) is 0 Å². The van der Waals surface area contributed by atoms with Gasteiger partial charge in [-0.05, 0) is 0 Å². The summed E-state index contributed by atoms with van der Waals surface area (Å²) in [7, 11) is -3.20. The molecule has 1 aliphatic heterocycles. The Labute approximate surface area is 65.6 Å². The van der Waals surface area contributed by atoms with E-state index in [9.17, 15) is 8.42 Å². The van der Waals surface area contributed by atoms with Gasteiger partial charge in [-0.2, -0.15) is 0 Å². The molecule has 0 aromatic carbocycles. The van der Waals surface area contributed by atoms with Gasteiger partial charge in [0.25, 0.3) is 0 Å². The minimum absolute atomic E-state index is 0.382. The molecule has 0 aromatic rings. The fraction of sp³-hybridized carbons (Fsp3) is 0.800. The normalized spacial score (nSPS) is 20.7. The van der Waals surface area contributed by atoms with Gasteiger partial charge in [-0.25, -0.2) is 8.42 Å². The Morgan fingerprint density at radius 3 is 2.73 bits per heavy atom. The number of sulfone groups is 1. The van der Waals surface area contributed by atoms with Gasteiger partial charge in [0.15, 0.2) is 15.2 Å². The lowest BCUT2D eigenvalue weighted by Crippen LogP contribution is -2.43. The molecule has 0 fully saturated rings. The van der Waals surface area contributed by atoms with Gasteiger partial charge < -0.3 is 11.1 Å². The molecule has 5 nitrogen and oxygen atoms in total. The van der Waals surface area contributed by atoms with Crippen LogP contribution in [0.25, 0.3) is 0 Å². The summed E-state index contributed by atoms with van der Waals surface area (Å²) in [4.78, 5) is 3.90. The SMILES string of the molecule is CS(=O)(=O)C(N)C1=NCCN1. The van der Waals surface area contributed by atoms with Gasteiger partial charge >= 0.3 is 0 Å². The summed E-state index contributed by atoms with van der Waals surface area (Å²) in [6.07, 6.45) is 1.10. The average Bonchev–Trinajstić information content (AvgIpc) is 2.34. The molecule has 64 valence electrons. The summed E-state index contributed by atoms with van der Waals surface area (Å²) in [5, 5.41) is 1.83. The third-order valence-corrected chi connectivity index (χ3v) is 2.58. The van der Waals surface area contributed by atoms with Crippen molar-refractivity contribution in [2.75, 3.05) is 19.3 Å². The van der Waals surface area contributed by atoms with E-state index < -0.39 is 15.2 Å². The lowest BCUT2D eigenvalue weighted by Gasteiger charge is -2.08. The quantitative estimate of drug-likeness (QED) is 0.527. The van der Waals surface area contributed by atoms with Crippen molar-refractivity contribution in [2.24, 2.45) is 10.7 Å². The molecule has 1 unspecified atom stereocenters. The molecular formula is C5H11N3O2S. The molecule has 0 spiro atoms. The second kappa shape index (κ2) is 2.78. The van der Waals surface area contributed by atoms with Crippen molar-refractivity contribution in [3.63, 3.8) is 0 Å². The Morgan fingerprint density at radius 1 is 1.73 bits per heavy atom. The van der Waals surface area contributed by atoms with Gasteiger partial charge in [-0.3, -0.25) is 4.99 Å². The highest BCUT2D eigenvalue weighted by molar-refractivity contribution is 7.92. The number of nitrogens with two attached hydrogens (primary N) is 1. The topological polar surface area (TPSA) is 84.5 Å². The molecule has 1 rings (SSSR count). The third-order valence-electron chi connectivity index (χ3n) is 1.43. The Morgan fingerprint density at radius 2 is 2.36 bits per heavy atom. The minimum Gasteiger partial charge on any atom is -0.370 e. The number of amidine groups is 1. The van der Waals surface area contributed by atoms with Crippen LogP contribution in [0.4, 0.5) is 0 Å². The first kappa shape index (κ1) is 8.48. The van der Waals surface area contributed by atoms with Crippen molar-refractivity contribution in [2.45, 2.75) is 5.37 Å². The molecule has 1 atom stereocenters. The predicted molar refractivity (Wildman–Crippen MR) is 43.1 cm³/mol. The minimum atomic E-state index is -3.20. The van der Waals surface area contributed by atoms with E-state index >= 15 is 0 Å². The number of aliphatic imine (C=N–C) groups is 1. The van der Waals surface area contributed by atoms with Gasteiger partial charge in [0, 0.05) is 12.8 Å². The Hall–Kier alpha value is -0.620. The van der Waals surface area contributed by atoms with Crippen molar-refractivity contribution in [1.82, 2.24) is 5.32 Å². The van der Waals surface area contributed by atoms with Crippen LogP contribution in [0.3, 0.4) is 0 Å². The lowest BCUT2D eigenvalue weighted by atomic mass is 10.6. The van der Waals surface area contributed by atoms with E-state index in [0.29, 0.717) is 18.9 Å². The highest BCUT2D eigenvalue weighted by Crippen LogP contribution is 1.96. The van der Waals surface area contributed by atoms with E-state index in [2.05, 4.69) is 10.3 Å². The van der Waals surface area contributed by atoms with Crippen LogP contribution in [0.2, 0.25) is 0 Å². The van der Waals surface area contributed by atoms with Crippen LogP contribution in [0.5, 0.6) is 0 Å². The smallest absolute Gasteiger partial charge is 0.170 e. The van der Waals surface area contributed by atoms with Crippen LogP contribution < -0.4 is 11.1 Å². The fourth-order valence-electron chi connectivity index (χ4n) is 0.810. The molecule has 0 bridgehead atoms. The molecule has 0 saturated heterocycles.